The van der Waals surface area contributed by atoms with E-state index in [1.165, 1.54) is 6.08 Å². The van der Waals surface area contributed by atoms with Gasteiger partial charge in [-0.1, -0.05) is 24.3 Å². The second-order valence-electron chi connectivity index (χ2n) is 4.06. The SMILES string of the molecule is CC1Oc2ccc(/C=C/C=C/C(=O)O)cc2NC1=O. The molecule has 2 rings (SSSR count). The van der Waals surface area contributed by atoms with Crippen LogP contribution in [0.2, 0.25) is 0 Å². The van der Waals surface area contributed by atoms with E-state index in [9.17, 15) is 9.59 Å². The third-order valence-electron chi connectivity index (χ3n) is 2.57. The minimum atomic E-state index is -0.996. The summed E-state index contributed by atoms with van der Waals surface area (Å²) in [7, 11) is 0. The van der Waals surface area contributed by atoms with E-state index in [1.54, 1.807) is 31.2 Å². The van der Waals surface area contributed by atoms with Crippen molar-refractivity contribution in [3.05, 3.63) is 42.0 Å². The molecule has 0 bridgehead atoms. The van der Waals surface area contributed by atoms with Gasteiger partial charge in [0.1, 0.15) is 5.75 Å². The van der Waals surface area contributed by atoms with E-state index in [4.69, 9.17) is 9.84 Å². The van der Waals surface area contributed by atoms with E-state index in [0.717, 1.165) is 11.6 Å². The zero-order valence-corrected chi connectivity index (χ0v) is 10.3. The molecule has 0 radical (unpaired) electrons. The molecule has 0 spiro atoms. The van der Waals surface area contributed by atoms with E-state index in [2.05, 4.69) is 5.32 Å². The maximum Gasteiger partial charge on any atom is 0.328 e. The van der Waals surface area contributed by atoms with Gasteiger partial charge < -0.3 is 15.2 Å². The van der Waals surface area contributed by atoms with Crippen molar-refractivity contribution in [2.75, 3.05) is 5.32 Å². The molecule has 19 heavy (non-hydrogen) atoms. The minimum absolute atomic E-state index is 0.181. The van der Waals surface area contributed by atoms with Crippen LogP contribution in [0.25, 0.3) is 6.08 Å². The van der Waals surface area contributed by atoms with Crippen LogP contribution in [-0.4, -0.2) is 23.1 Å². The number of benzene rings is 1. The zero-order valence-electron chi connectivity index (χ0n) is 10.3. The number of amides is 1. The fourth-order valence-electron chi connectivity index (χ4n) is 1.63. The number of hydrogen-bond acceptors (Lipinski definition) is 3. The van der Waals surface area contributed by atoms with Crippen LogP contribution in [-0.2, 0) is 9.59 Å². The molecule has 5 heteroatoms. The van der Waals surface area contributed by atoms with Crippen LogP contribution in [0.4, 0.5) is 5.69 Å². The summed E-state index contributed by atoms with van der Waals surface area (Å²) in [5.74, 6) is -0.547. The summed E-state index contributed by atoms with van der Waals surface area (Å²) in [5, 5.41) is 11.2. The van der Waals surface area contributed by atoms with Crippen molar-refractivity contribution >= 4 is 23.6 Å². The number of carbonyl (C=O) groups is 2. The van der Waals surface area contributed by atoms with Gasteiger partial charge in [0.2, 0.25) is 0 Å². The number of fused-ring (bicyclic) bond motifs is 1. The fourth-order valence-corrected chi connectivity index (χ4v) is 1.63. The van der Waals surface area contributed by atoms with Crippen LogP contribution >= 0.6 is 0 Å². The lowest BCUT2D eigenvalue weighted by Crippen LogP contribution is -2.34. The molecule has 0 fully saturated rings. The number of hydrogen-bond donors (Lipinski definition) is 2. The van der Waals surface area contributed by atoms with Gasteiger partial charge in [-0.25, -0.2) is 4.79 Å². The summed E-state index contributed by atoms with van der Waals surface area (Å²) >= 11 is 0. The zero-order chi connectivity index (χ0) is 13.8. The number of carbonyl (C=O) groups excluding carboxylic acids is 1. The predicted molar refractivity (Wildman–Crippen MR) is 71.0 cm³/mol. The number of aliphatic carboxylic acids is 1. The average Bonchev–Trinajstić information content (AvgIpc) is 2.36. The lowest BCUT2D eigenvalue weighted by Gasteiger charge is -2.23. The van der Waals surface area contributed by atoms with Crippen molar-refractivity contribution in [3.8, 4) is 5.75 Å². The third kappa shape index (κ3) is 3.22. The Kier molecular flexibility index (Phi) is 3.66. The quantitative estimate of drug-likeness (QED) is 0.643. The van der Waals surface area contributed by atoms with Gasteiger partial charge in [0.25, 0.3) is 5.91 Å². The predicted octanol–water partition coefficient (Wildman–Crippen LogP) is 2.06. The Bertz CT molecular complexity index is 575. The van der Waals surface area contributed by atoms with E-state index >= 15 is 0 Å². The van der Waals surface area contributed by atoms with Gasteiger partial charge in [0.05, 0.1) is 5.69 Å². The first-order chi connectivity index (χ1) is 9.06. The first kappa shape index (κ1) is 12.9. The summed E-state index contributed by atoms with van der Waals surface area (Å²) < 4.78 is 5.43. The largest absolute Gasteiger partial charge is 0.479 e. The standard InChI is InChI=1S/C14H13NO4/c1-9-14(18)15-11-8-10(6-7-12(11)19-9)4-2-3-5-13(16)17/h2-9H,1H3,(H,15,18)(H,16,17)/b4-2+,5-3+. The topological polar surface area (TPSA) is 75.6 Å². The Labute approximate surface area is 110 Å². The Morgan fingerprint density at radius 1 is 1.42 bits per heavy atom. The monoisotopic (exact) mass is 259 g/mol. The second-order valence-corrected chi connectivity index (χ2v) is 4.06. The third-order valence-corrected chi connectivity index (χ3v) is 2.57. The van der Waals surface area contributed by atoms with Gasteiger partial charge in [-0.3, -0.25) is 4.79 Å². The molecule has 1 aromatic carbocycles. The van der Waals surface area contributed by atoms with Crippen LogP contribution < -0.4 is 10.1 Å². The highest BCUT2D eigenvalue weighted by molar-refractivity contribution is 5.97. The van der Waals surface area contributed by atoms with Crippen LogP contribution in [0.15, 0.2) is 36.4 Å². The van der Waals surface area contributed by atoms with Crippen LogP contribution in [0.1, 0.15) is 12.5 Å². The van der Waals surface area contributed by atoms with Gasteiger partial charge in [-0.05, 0) is 24.6 Å². The molecular weight excluding hydrogens is 246 g/mol. The average molecular weight is 259 g/mol. The summed E-state index contributed by atoms with van der Waals surface area (Å²) in [5.41, 5.74) is 1.46. The molecule has 1 amide bonds. The molecule has 98 valence electrons. The molecule has 2 N–H and O–H groups in total. The molecular formula is C14H13NO4. The minimum Gasteiger partial charge on any atom is -0.479 e. The number of carboxylic acid groups (broad SMARTS) is 1. The summed E-state index contributed by atoms with van der Waals surface area (Å²) in [6.45, 7) is 1.68. The molecule has 0 aromatic heterocycles. The van der Waals surface area contributed by atoms with Crippen molar-refractivity contribution in [2.45, 2.75) is 13.0 Å². The van der Waals surface area contributed by atoms with Crippen molar-refractivity contribution in [3.63, 3.8) is 0 Å². The molecule has 1 unspecified atom stereocenters. The van der Waals surface area contributed by atoms with Crippen LogP contribution in [0.5, 0.6) is 5.75 Å². The Morgan fingerprint density at radius 3 is 2.95 bits per heavy atom. The molecule has 1 atom stereocenters. The van der Waals surface area contributed by atoms with E-state index in [0.29, 0.717) is 11.4 Å². The molecule has 1 aliphatic rings. The number of allylic oxidation sites excluding steroid dienone is 2. The van der Waals surface area contributed by atoms with Crippen molar-refractivity contribution in [1.82, 2.24) is 0 Å². The Hall–Kier alpha value is -2.56. The first-order valence-corrected chi connectivity index (χ1v) is 5.75. The molecule has 0 aliphatic carbocycles. The van der Waals surface area contributed by atoms with Crippen molar-refractivity contribution in [1.29, 1.82) is 0 Å². The highest BCUT2D eigenvalue weighted by Crippen LogP contribution is 2.30. The normalized spacial score (nSPS) is 18.2. The lowest BCUT2D eigenvalue weighted by molar-refractivity contribution is -0.131. The molecule has 5 nitrogen and oxygen atoms in total. The van der Waals surface area contributed by atoms with Gasteiger partial charge in [-0.15, -0.1) is 0 Å². The van der Waals surface area contributed by atoms with Gasteiger partial charge in [0, 0.05) is 6.08 Å². The van der Waals surface area contributed by atoms with Crippen molar-refractivity contribution < 1.29 is 19.4 Å². The van der Waals surface area contributed by atoms with E-state index in [1.807, 2.05) is 6.07 Å². The number of ether oxygens (including phenoxy) is 1. The number of carboxylic acids is 1. The molecule has 1 heterocycles. The highest BCUT2D eigenvalue weighted by atomic mass is 16.5. The molecule has 0 saturated heterocycles. The maximum absolute atomic E-state index is 11.5. The van der Waals surface area contributed by atoms with Crippen LogP contribution in [0.3, 0.4) is 0 Å². The summed E-state index contributed by atoms with van der Waals surface area (Å²) in [4.78, 5) is 21.8. The van der Waals surface area contributed by atoms with Crippen molar-refractivity contribution in [2.24, 2.45) is 0 Å². The number of anilines is 1. The van der Waals surface area contributed by atoms with Gasteiger partial charge in [0.15, 0.2) is 6.10 Å². The van der Waals surface area contributed by atoms with E-state index in [-0.39, 0.29) is 5.91 Å². The smallest absolute Gasteiger partial charge is 0.328 e. The Morgan fingerprint density at radius 2 is 2.21 bits per heavy atom. The summed E-state index contributed by atoms with van der Waals surface area (Å²) in [6.07, 6.45) is 5.33. The first-order valence-electron chi connectivity index (χ1n) is 5.75. The molecule has 1 aliphatic heterocycles. The highest BCUT2D eigenvalue weighted by Gasteiger charge is 2.23. The van der Waals surface area contributed by atoms with Gasteiger partial charge >= 0.3 is 5.97 Å². The summed E-state index contributed by atoms with van der Waals surface area (Å²) in [6, 6.07) is 5.37. The second kappa shape index (κ2) is 5.39. The molecule has 1 aromatic rings. The maximum atomic E-state index is 11.5. The number of rotatable bonds is 3. The van der Waals surface area contributed by atoms with Gasteiger partial charge in [-0.2, -0.15) is 0 Å². The fraction of sp³-hybridized carbons (Fsp3) is 0.143. The Balaban J connectivity index is 2.15. The van der Waals surface area contributed by atoms with E-state index < -0.39 is 12.1 Å². The lowest BCUT2D eigenvalue weighted by atomic mass is 10.1. The van der Waals surface area contributed by atoms with Crippen LogP contribution in [0, 0.1) is 0 Å². The molecule has 0 saturated carbocycles. The number of nitrogens with one attached hydrogen (secondary N) is 1.